The summed E-state index contributed by atoms with van der Waals surface area (Å²) < 4.78 is 0. The molecule has 1 aliphatic heterocycles. The zero-order chi connectivity index (χ0) is 10.4. The molecular weight excluding hydrogens is 192 g/mol. The molecule has 0 aromatic heterocycles. The van der Waals surface area contributed by atoms with Crippen LogP contribution in [0.5, 0.6) is 0 Å². The van der Waals surface area contributed by atoms with Crippen LogP contribution >= 0.6 is 11.8 Å². The van der Waals surface area contributed by atoms with Crippen LogP contribution in [0, 0.1) is 11.8 Å². The molecule has 1 rings (SSSR count). The predicted octanol–water partition coefficient (Wildman–Crippen LogP) is 2.40. The molecule has 1 heterocycles. The van der Waals surface area contributed by atoms with Gasteiger partial charge in [0.2, 0.25) is 0 Å². The number of rotatable bonds is 5. The van der Waals surface area contributed by atoms with Gasteiger partial charge in [-0.2, -0.15) is 11.8 Å². The van der Waals surface area contributed by atoms with Crippen LogP contribution in [-0.2, 0) is 0 Å². The van der Waals surface area contributed by atoms with E-state index in [-0.39, 0.29) is 0 Å². The van der Waals surface area contributed by atoms with E-state index in [0.29, 0.717) is 6.04 Å². The highest BCUT2D eigenvalue weighted by atomic mass is 32.2. The molecule has 1 fully saturated rings. The van der Waals surface area contributed by atoms with Gasteiger partial charge in [-0.25, -0.2) is 0 Å². The molecule has 84 valence electrons. The minimum atomic E-state index is 0.531. The van der Waals surface area contributed by atoms with E-state index in [4.69, 9.17) is 5.84 Å². The molecule has 1 atom stereocenters. The summed E-state index contributed by atoms with van der Waals surface area (Å²) in [5.41, 5.74) is 2.97. The molecule has 0 amide bonds. The highest BCUT2D eigenvalue weighted by molar-refractivity contribution is 7.99. The summed E-state index contributed by atoms with van der Waals surface area (Å²) >= 11 is 2.10. The first kappa shape index (κ1) is 12.3. The molecule has 1 unspecified atom stereocenters. The maximum atomic E-state index is 5.58. The Bertz CT molecular complexity index is 144. The van der Waals surface area contributed by atoms with Crippen molar-refractivity contribution in [1.82, 2.24) is 5.43 Å². The van der Waals surface area contributed by atoms with Gasteiger partial charge in [-0.3, -0.25) is 11.3 Å². The van der Waals surface area contributed by atoms with E-state index in [1.165, 1.54) is 37.2 Å². The third-order valence-corrected chi connectivity index (χ3v) is 4.00. The van der Waals surface area contributed by atoms with Crippen LogP contribution in [-0.4, -0.2) is 17.5 Å². The van der Waals surface area contributed by atoms with Crippen molar-refractivity contribution in [1.29, 1.82) is 0 Å². The summed E-state index contributed by atoms with van der Waals surface area (Å²) in [5, 5.41) is 0. The zero-order valence-electron chi connectivity index (χ0n) is 9.46. The van der Waals surface area contributed by atoms with Crippen molar-refractivity contribution in [3.05, 3.63) is 0 Å². The summed E-state index contributed by atoms with van der Waals surface area (Å²) in [5.74, 6) is 9.94. The quantitative estimate of drug-likeness (QED) is 0.547. The van der Waals surface area contributed by atoms with Crippen molar-refractivity contribution >= 4 is 11.8 Å². The highest BCUT2D eigenvalue weighted by Gasteiger charge is 2.18. The first-order chi connectivity index (χ1) is 6.72. The normalized spacial score (nSPS) is 21.4. The lowest BCUT2D eigenvalue weighted by molar-refractivity contribution is 0.328. The van der Waals surface area contributed by atoms with Crippen molar-refractivity contribution in [2.75, 3.05) is 11.5 Å². The summed E-state index contributed by atoms with van der Waals surface area (Å²) in [6.07, 6.45) is 5.26. The van der Waals surface area contributed by atoms with E-state index in [0.717, 1.165) is 11.8 Å². The van der Waals surface area contributed by atoms with Gasteiger partial charge in [-0.05, 0) is 49.0 Å². The van der Waals surface area contributed by atoms with Crippen molar-refractivity contribution < 1.29 is 0 Å². The Morgan fingerprint density at radius 3 is 2.50 bits per heavy atom. The third-order valence-electron chi connectivity index (χ3n) is 2.95. The van der Waals surface area contributed by atoms with E-state index in [2.05, 4.69) is 31.0 Å². The third kappa shape index (κ3) is 4.67. The van der Waals surface area contributed by atoms with Gasteiger partial charge in [0, 0.05) is 6.04 Å². The van der Waals surface area contributed by atoms with Gasteiger partial charge in [-0.15, -0.1) is 0 Å². The Labute approximate surface area is 92.4 Å². The van der Waals surface area contributed by atoms with Gasteiger partial charge in [0.05, 0.1) is 0 Å². The van der Waals surface area contributed by atoms with E-state index in [1.54, 1.807) is 0 Å². The van der Waals surface area contributed by atoms with Gasteiger partial charge < -0.3 is 0 Å². The minimum absolute atomic E-state index is 0.531. The summed E-state index contributed by atoms with van der Waals surface area (Å²) in [6, 6.07) is 0.531. The van der Waals surface area contributed by atoms with Crippen LogP contribution in [0.2, 0.25) is 0 Å². The molecule has 0 aromatic rings. The fourth-order valence-corrected chi connectivity index (χ4v) is 3.39. The largest absolute Gasteiger partial charge is 0.271 e. The van der Waals surface area contributed by atoms with E-state index in [9.17, 15) is 0 Å². The lowest BCUT2D eigenvalue weighted by Gasteiger charge is -2.26. The van der Waals surface area contributed by atoms with Crippen LogP contribution < -0.4 is 11.3 Å². The second-order valence-corrected chi connectivity index (χ2v) is 6.01. The zero-order valence-corrected chi connectivity index (χ0v) is 10.3. The second-order valence-electron chi connectivity index (χ2n) is 4.78. The molecule has 3 N–H and O–H groups in total. The SMILES string of the molecule is CC(C)CC(CC1CCSCC1)NN. The molecule has 14 heavy (non-hydrogen) atoms. The van der Waals surface area contributed by atoms with Crippen LogP contribution in [0.3, 0.4) is 0 Å². The Kier molecular flexibility index (Phi) is 5.90. The number of nitrogens with one attached hydrogen (secondary N) is 1. The van der Waals surface area contributed by atoms with Crippen LogP contribution in [0.1, 0.15) is 39.5 Å². The number of hydrogen-bond donors (Lipinski definition) is 2. The number of thioether (sulfide) groups is 1. The predicted molar refractivity (Wildman–Crippen MR) is 65.2 cm³/mol. The number of hydrazine groups is 1. The van der Waals surface area contributed by atoms with Crippen molar-refractivity contribution in [3.63, 3.8) is 0 Å². The average molecular weight is 216 g/mol. The van der Waals surface area contributed by atoms with Gasteiger partial charge in [0.1, 0.15) is 0 Å². The van der Waals surface area contributed by atoms with Crippen LogP contribution in [0.15, 0.2) is 0 Å². The monoisotopic (exact) mass is 216 g/mol. The standard InChI is InChI=1S/C11H24N2S/c1-9(2)7-11(13-12)8-10-3-5-14-6-4-10/h9-11,13H,3-8,12H2,1-2H3. The van der Waals surface area contributed by atoms with Crippen molar-refractivity contribution in [2.45, 2.75) is 45.6 Å². The molecule has 0 radical (unpaired) electrons. The molecule has 0 aliphatic carbocycles. The maximum Gasteiger partial charge on any atom is 0.0215 e. The Morgan fingerprint density at radius 1 is 1.36 bits per heavy atom. The number of nitrogens with two attached hydrogens (primary N) is 1. The first-order valence-corrected chi connectivity index (χ1v) is 6.91. The lowest BCUT2D eigenvalue weighted by Crippen LogP contribution is -2.38. The van der Waals surface area contributed by atoms with E-state index in [1.807, 2.05) is 0 Å². The fraction of sp³-hybridized carbons (Fsp3) is 1.00. The molecule has 0 spiro atoms. The molecule has 0 bridgehead atoms. The van der Waals surface area contributed by atoms with Gasteiger partial charge >= 0.3 is 0 Å². The molecule has 1 aliphatic rings. The average Bonchev–Trinajstić information content (AvgIpc) is 2.17. The van der Waals surface area contributed by atoms with Gasteiger partial charge in [-0.1, -0.05) is 13.8 Å². The Hall–Kier alpha value is 0.270. The summed E-state index contributed by atoms with van der Waals surface area (Å²) in [6.45, 7) is 4.53. The van der Waals surface area contributed by atoms with Gasteiger partial charge in [0.15, 0.2) is 0 Å². The van der Waals surface area contributed by atoms with Crippen molar-refractivity contribution in [3.8, 4) is 0 Å². The number of hydrogen-bond acceptors (Lipinski definition) is 3. The molecular formula is C11H24N2S. The molecule has 1 saturated heterocycles. The molecule has 2 nitrogen and oxygen atoms in total. The molecule has 0 aromatic carbocycles. The maximum absolute atomic E-state index is 5.58. The Balaban J connectivity index is 2.23. The van der Waals surface area contributed by atoms with Crippen LogP contribution in [0.4, 0.5) is 0 Å². The van der Waals surface area contributed by atoms with Gasteiger partial charge in [0.25, 0.3) is 0 Å². The minimum Gasteiger partial charge on any atom is -0.271 e. The van der Waals surface area contributed by atoms with E-state index < -0.39 is 0 Å². The van der Waals surface area contributed by atoms with E-state index >= 15 is 0 Å². The fourth-order valence-electron chi connectivity index (χ4n) is 2.19. The summed E-state index contributed by atoms with van der Waals surface area (Å²) in [4.78, 5) is 0. The topological polar surface area (TPSA) is 38.0 Å². The second kappa shape index (κ2) is 6.70. The molecule has 0 saturated carbocycles. The smallest absolute Gasteiger partial charge is 0.0215 e. The van der Waals surface area contributed by atoms with Crippen molar-refractivity contribution in [2.24, 2.45) is 17.7 Å². The summed E-state index contributed by atoms with van der Waals surface area (Å²) in [7, 11) is 0. The van der Waals surface area contributed by atoms with Crippen LogP contribution in [0.25, 0.3) is 0 Å². The molecule has 3 heteroatoms. The Morgan fingerprint density at radius 2 is 2.00 bits per heavy atom. The first-order valence-electron chi connectivity index (χ1n) is 5.76. The lowest BCUT2D eigenvalue weighted by atomic mass is 9.90. The highest BCUT2D eigenvalue weighted by Crippen LogP contribution is 2.27.